The highest BCUT2D eigenvalue weighted by molar-refractivity contribution is 7.99. The van der Waals surface area contributed by atoms with Crippen LogP contribution in [-0.2, 0) is 0 Å². The highest BCUT2D eigenvalue weighted by Gasteiger charge is 2.25. The van der Waals surface area contributed by atoms with Gasteiger partial charge in [-0.3, -0.25) is 0 Å². The fourth-order valence-electron chi connectivity index (χ4n) is 2.13. The molecule has 0 aromatic carbocycles. The third kappa shape index (κ3) is 4.22. The van der Waals surface area contributed by atoms with Gasteiger partial charge in [-0.1, -0.05) is 26.7 Å². The van der Waals surface area contributed by atoms with Gasteiger partial charge in [0.2, 0.25) is 0 Å². The Morgan fingerprint density at radius 2 is 2.07 bits per heavy atom. The van der Waals surface area contributed by atoms with Crippen molar-refractivity contribution in [3.05, 3.63) is 0 Å². The van der Waals surface area contributed by atoms with Crippen LogP contribution < -0.4 is 5.73 Å². The molecule has 1 fully saturated rings. The van der Waals surface area contributed by atoms with Crippen LogP contribution in [-0.4, -0.2) is 17.0 Å². The van der Waals surface area contributed by atoms with Crippen LogP contribution in [0.2, 0.25) is 0 Å². The third-order valence-corrected chi connectivity index (χ3v) is 4.68. The first-order valence-corrected chi connectivity index (χ1v) is 7.16. The van der Waals surface area contributed by atoms with Crippen molar-refractivity contribution in [2.45, 2.75) is 63.7 Å². The van der Waals surface area contributed by atoms with Crippen LogP contribution in [0.4, 0.5) is 0 Å². The van der Waals surface area contributed by atoms with Gasteiger partial charge in [-0.15, -0.1) is 0 Å². The van der Waals surface area contributed by atoms with Gasteiger partial charge in [-0.2, -0.15) is 11.8 Å². The number of nitrogens with two attached hydrogens (primary N) is 1. The molecule has 1 aliphatic rings. The maximum Gasteiger partial charge on any atom is 0.0201 e. The van der Waals surface area contributed by atoms with E-state index in [1.165, 1.54) is 44.3 Å². The second-order valence-electron chi connectivity index (χ2n) is 4.70. The molecule has 14 heavy (non-hydrogen) atoms. The summed E-state index contributed by atoms with van der Waals surface area (Å²) in [6.07, 6.45) is 8.01. The van der Waals surface area contributed by atoms with Gasteiger partial charge < -0.3 is 5.73 Å². The molecule has 2 N–H and O–H groups in total. The monoisotopic (exact) mass is 215 g/mol. The predicted molar refractivity (Wildman–Crippen MR) is 66.8 cm³/mol. The Balaban J connectivity index is 2.14. The molecule has 2 heteroatoms. The molecular weight excluding hydrogens is 190 g/mol. The lowest BCUT2D eigenvalue weighted by atomic mass is 9.87. The molecule has 0 aromatic heterocycles. The number of rotatable bonds is 5. The third-order valence-electron chi connectivity index (χ3n) is 3.18. The van der Waals surface area contributed by atoms with E-state index in [-0.39, 0.29) is 0 Å². The van der Waals surface area contributed by atoms with Crippen molar-refractivity contribution in [2.24, 2.45) is 11.7 Å². The fraction of sp³-hybridized carbons (Fsp3) is 1.00. The Kier molecular flexibility index (Phi) is 5.95. The van der Waals surface area contributed by atoms with Crippen LogP contribution >= 0.6 is 11.8 Å². The lowest BCUT2D eigenvalue weighted by Gasteiger charge is -2.32. The number of thioether (sulfide) groups is 1. The first kappa shape index (κ1) is 12.4. The molecule has 3 atom stereocenters. The van der Waals surface area contributed by atoms with Crippen LogP contribution in [0.5, 0.6) is 0 Å². The van der Waals surface area contributed by atoms with E-state index in [2.05, 4.69) is 25.6 Å². The lowest BCUT2D eigenvalue weighted by Crippen LogP contribution is -2.37. The summed E-state index contributed by atoms with van der Waals surface area (Å²) < 4.78 is 0. The summed E-state index contributed by atoms with van der Waals surface area (Å²) in [5.74, 6) is 2.22. The molecule has 0 saturated heterocycles. The van der Waals surface area contributed by atoms with Gasteiger partial charge in [0.25, 0.3) is 0 Å². The molecule has 0 aliphatic heterocycles. The molecule has 1 nitrogen and oxygen atoms in total. The molecule has 3 unspecified atom stereocenters. The van der Waals surface area contributed by atoms with Crippen LogP contribution in [0.25, 0.3) is 0 Å². The molecule has 0 spiro atoms. The van der Waals surface area contributed by atoms with Gasteiger partial charge in [0, 0.05) is 11.3 Å². The first-order valence-electron chi connectivity index (χ1n) is 6.11. The molecule has 0 aromatic rings. The predicted octanol–water partition coefficient (Wildman–Crippen LogP) is 3.43. The van der Waals surface area contributed by atoms with Crippen molar-refractivity contribution < 1.29 is 0 Å². The number of hydrogen-bond acceptors (Lipinski definition) is 2. The highest BCUT2D eigenvalue weighted by Crippen LogP contribution is 2.31. The Labute approximate surface area is 93.2 Å². The van der Waals surface area contributed by atoms with Gasteiger partial charge in [0.1, 0.15) is 0 Å². The molecule has 84 valence electrons. The minimum atomic E-state index is 0.470. The average molecular weight is 215 g/mol. The summed E-state index contributed by atoms with van der Waals surface area (Å²) in [5.41, 5.74) is 6.14. The summed E-state index contributed by atoms with van der Waals surface area (Å²) in [4.78, 5) is 0. The van der Waals surface area contributed by atoms with E-state index >= 15 is 0 Å². The van der Waals surface area contributed by atoms with Crippen LogP contribution in [0.1, 0.15) is 52.4 Å². The van der Waals surface area contributed by atoms with Gasteiger partial charge in [0.05, 0.1) is 0 Å². The zero-order valence-electron chi connectivity index (χ0n) is 9.67. The quantitative estimate of drug-likeness (QED) is 0.711. The number of hydrogen-bond donors (Lipinski definition) is 1. The highest BCUT2D eigenvalue weighted by atomic mass is 32.2. The van der Waals surface area contributed by atoms with Crippen molar-refractivity contribution in [3.8, 4) is 0 Å². The standard InChI is InChI=1S/C12H25NS/c1-3-4-5-8-14-12-9-10(2)6-7-11(12)13/h10-12H,3-9,13H2,1-2H3. The second-order valence-corrected chi connectivity index (χ2v) is 6.05. The molecule has 1 aliphatic carbocycles. The maximum absolute atomic E-state index is 6.14. The van der Waals surface area contributed by atoms with E-state index in [0.29, 0.717) is 6.04 Å². The summed E-state index contributed by atoms with van der Waals surface area (Å²) in [7, 11) is 0. The summed E-state index contributed by atoms with van der Waals surface area (Å²) in [6, 6.07) is 0.470. The van der Waals surface area contributed by atoms with Gasteiger partial charge >= 0.3 is 0 Å². The van der Waals surface area contributed by atoms with Crippen molar-refractivity contribution in [1.29, 1.82) is 0 Å². The van der Waals surface area contributed by atoms with Gasteiger partial charge in [-0.05, 0) is 37.4 Å². The minimum Gasteiger partial charge on any atom is -0.327 e. The van der Waals surface area contributed by atoms with Crippen LogP contribution in [0.15, 0.2) is 0 Å². The summed E-state index contributed by atoms with van der Waals surface area (Å²) in [5, 5.41) is 0.746. The average Bonchev–Trinajstić information content (AvgIpc) is 2.18. The van der Waals surface area contributed by atoms with Crippen LogP contribution in [0, 0.1) is 5.92 Å². The fourth-order valence-corrected chi connectivity index (χ4v) is 3.65. The van der Waals surface area contributed by atoms with E-state index in [1.54, 1.807) is 0 Å². The van der Waals surface area contributed by atoms with Crippen molar-refractivity contribution in [2.75, 3.05) is 5.75 Å². The van der Waals surface area contributed by atoms with Gasteiger partial charge in [-0.25, -0.2) is 0 Å². The van der Waals surface area contributed by atoms with E-state index < -0.39 is 0 Å². The van der Waals surface area contributed by atoms with Crippen molar-refractivity contribution in [3.63, 3.8) is 0 Å². The van der Waals surface area contributed by atoms with Gasteiger partial charge in [0.15, 0.2) is 0 Å². The van der Waals surface area contributed by atoms with E-state index in [1.807, 2.05) is 0 Å². The second kappa shape index (κ2) is 6.73. The molecule has 0 amide bonds. The zero-order valence-corrected chi connectivity index (χ0v) is 10.5. The molecular formula is C12H25NS. The van der Waals surface area contributed by atoms with Crippen molar-refractivity contribution >= 4 is 11.8 Å². The van der Waals surface area contributed by atoms with E-state index in [0.717, 1.165) is 11.2 Å². The number of unbranched alkanes of at least 4 members (excludes halogenated alkanes) is 2. The van der Waals surface area contributed by atoms with E-state index in [9.17, 15) is 0 Å². The molecule has 0 bridgehead atoms. The van der Waals surface area contributed by atoms with E-state index in [4.69, 9.17) is 5.73 Å². The summed E-state index contributed by atoms with van der Waals surface area (Å²) >= 11 is 2.12. The largest absolute Gasteiger partial charge is 0.327 e. The Hall–Kier alpha value is 0.310. The van der Waals surface area contributed by atoms with Crippen molar-refractivity contribution in [1.82, 2.24) is 0 Å². The minimum absolute atomic E-state index is 0.470. The zero-order chi connectivity index (χ0) is 10.4. The Morgan fingerprint density at radius 1 is 1.29 bits per heavy atom. The first-order chi connectivity index (χ1) is 6.74. The van der Waals surface area contributed by atoms with Crippen LogP contribution in [0.3, 0.4) is 0 Å². The Morgan fingerprint density at radius 3 is 2.79 bits per heavy atom. The smallest absolute Gasteiger partial charge is 0.0201 e. The lowest BCUT2D eigenvalue weighted by molar-refractivity contribution is 0.357. The Bertz CT molecular complexity index is 149. The normalized spacial score (nSPS) is 33.2. The molecule has 1 saturated carbocycles. The maximum atomic E-state index is 6.14. The molecule has 0 heterocycles. The SMILES string of the molecule is CCCCCSC1CC(C)CCC1N. The summed E-state index contributed by atoms with van der Waals surface area (Å²) in [6.45, 7) is 4.63. The molecule has 1 rings (SSSR count). The molecule has 0 radical (unpaired) electrons. The topological polar surface area (TPSA) is 26.0 Å².